The Hall–Kier alpha value is 1.15. The van der Waals surface area contributed by atoms with E-state index in [4.69, 9.17) is 34.7 Å². The van der Waals surface area contributed by atoms with Gasteiger partial charge in [-0.15, -0.1) is 0 Å². The van der Waals surface area contributed by atoms with Crippen molar-refractivity contribution in [3.05, 3.63) is 30.1 Å². The zero-order chi connectivity index (χ0) is 20.5. The first kappa shape index (κ1) is 44.0. The number of nitrogens with zero attached hydrogens (tertiary/aromatic N) is 1. The van der Waals surface area contributed by atoms with Crippen LogP contribution in [-0.2, 0) is 26.4 Å². The molecule has 1 aromatic heterocycles. The van der Waals surface area contributed by atoms with E-state index >= 15 is 0 Å². The van der Waals surface area contributed by atoms with Crippen molar-refractivity contribution in [1.29, 1.82) is 0 Å². The molecule has 23 heavy (non-hydrogen) atoms. The Morgan fingerprint density at radius 1 is 0.739 bits per heavy atom. The summed E-state index contributed by atoms with van der Waals surface area (Å²) in [6.07, 6.45) is 3.57. The molecule has 0 bridgehead atoms. The molecule has 0 fully saturated rings. The molecule has 1 aromatic rings. The van der Waals surface area contributed by atoms with Crippen LogP contribution in [0.15, 0.2) is 24.5 Å². The second-order valence-corrected chi connectivity index (χ2v) is 2.47. The molecule has 120 valence electrons. The van der Waals surface area contributed by atoms with E-state index in [1.54, 1.807) is 12.4 Å². The summed E-state index contributed by atoms with van der Waals surface area (Å²) in [7, 11) is 0. The Morgan fingerprint density at radius 2 is 0.913 bits per heavy atom. The number of aryl methyl sites for hydroxylation is 1. The third kappa shape index (κ3) is 124. The molecule has 17 heteroatoms. The Balaban J connectivity index is -0.0000000280. The van der Waals surface area contributed by atoms with E-state index in [2.05, 4.69) is 4.98 Å². The van der Waals surface area contributed by atoms with Crippen molar-refractivity contribution >= 4 is 114 Å². The van der Waals surface area contributed by atoms with Crippen LogP contribution in [0.5, 0.6) is 0 Å². The molecule has 0 unspecified atom stereocenters. The molecule has 0 aromatic carbocycles. The van der Waals surface area contributed by atoms with Crippen LogP contribution in [-0.4, -0.2) is 127 Å². The molecule has 1 heterocycles. The second kappa shape index (κ2) is 91.4. The number of hydrogen-bond donors (Lipinski definition) is 2. The Kier molecular flexibility index (Phi) is 175. The third-order valence-corrected chi connectivity index (χ3v) is 0.847. The summed E-state index contributed by atoms with van der Waals surface area (Å²) in [5.41, 5.74) is 1.26. The molecule has 0 saturated carbocycles. The van der Waals surface area contributed by atoms with Gasteiger partial charge in [0.15, 0.2) is 0 Å². The number of hydrogen-bond acceptors (Lipinski definition) is 8. The van der Waals surface area contributed by atoms with Gasteiger partial charge in [-0.3, -0.25) is 4.98 Å². The van der Waals surface area contributed by atoms with Crippen molar-refractivity contribution in [2.45, 2.75) is 6.92 Å². The first-order valence-corrected chi connectivity index (χ1v) is 12.0. The third-order valence-electron chi connectivity index (χ3n) is 0.847. The van der Waals surface area contributed by atoms with Crippen molar-refractivity contribution in [3.63, 3.8) is 0 Å². The first-order chi connectivity index (χ1) is 11.2. The standard InChI is InChI=1S/C6H7N.2GeHO2.5GeO/c1-6-2-4-7-5-3-6;2*2-1-3;5*1-2/h2-5H,1H3;2*2H;;;;;. The van der Waals surface area contributed by atoms with E-state index in [-0.39, 0.29) is 0 Å². The molecule has 10 nitrogen and oxygen atoms in total. The summed E-state index contributed by atoms with van der Waals surface area (Å²) in [5, 5.41) is 0. The van der Waals surface area contributed by atoms with Crippen molar-refractivity contribution in [1.82, 2.24) is 4.98 Å². The number of aromatic nitrogens is 1. The van der Waals surface area contributed by atoms with Gasteiger partial charge < -0.3 is 0 Å². The first-order valence-electron chi connectivity index (χ1n) is 4.14. The van der Waals surface area contributed by atoms with Gasteiger partial charge in [0.2, 0.25) is 0 Å². The van der Waals surface area contributed by atoms with E-state index in [9.17, 15) is 0 Å². The van der Waals surface area contributed by atoms with Crippen LogP contribution in [0.25, 0.3) is 0 Å². The predicted octanol–water partition coefficient (Wildman–Crippen LogP) is -3.22. The molecule has 12 radical (unpaired) electrons. The molecular weight excluding hydrogens is 738 g/mol. The fourth-order valence-corrected chi connectivity index (χ4v) is 0.426. The maximum absolute atomic E-state index is 8.61. The summed E-state index contributed by atoms with van der Waals surface area (Å²) in [4.78, 5) is 3.85. The van der Waals surface area contributed by atoms with Crippen molar-refractivity contribution < 1.29 is 34.7 Å². The quantitative estimate of drug-likeness (QED) is 0.258. The average molecular weight is 747 g/mol. The Bertz CT molecular complexity index is 281. The molecule has 0 atom stereocenters. The topological polar surface area (TPSA) is 173 Å². The van der Waals surface area contributed by atoms with Gasteiger partial charge in [0.05, 0.1) is 0 Å². The predicted molar refractivity (Wildman–Crippen MR) is 78.5 cm³/mol. The molecule has 0 saturated heterocycles. The normalized spacial score (nSPS) is 4.57. The summed E-state index contributed by atoms with van der Waals surface area (Å²) in [6.45, 7) is 2.04. The van der Waals surface area contributed by atoms with Crippen molar-refractivity contribution in [2.24, 2.45) is 0 Å². The molecule has 0 amide bonds. The SMILES string of the molecule is Cc1ccncc1.[O]=[Ge].[O]=[Ge].[O]=[Ge].[O]=[Ge].[O]=[Ge].[O]=[Ge][OH].[O]=[Ge][OH]. The van der Waals surface area contributed by atoms with Crippen LogP contribution in [0.1, 0.15) is 5.56 Å². The minimum atomic E-state index is -1.75. The van der Waals surface area contributed by atoms with Gasteiger partial charge in [-0.25, -0.2) is 0 Å². The van der Waals surface area contributed by atoms with Gasteiger partial charge in [-0.05, 0) is 24.6 Å². The summed E-state index contributed by atoms with van der Waals surface area (Å²) in [6, 6.07) is 3.94. The van der Waals surface area contributed by atoms with Gasteiger partial charge in [0.1, 0.15) is 0 Å². The number of rotatable bonds is 0. The fraction of sp³-hybridized carbons (Fsp3) is 0.167. The van der Waals surface area contributed by atoms with E-state index in [1.165, 1.54) is 5.56 Å². The molecule has 0 spiro atoms. The van der Waals surface area contributed by atoms with Gasteiger partial charge in [0, 0.05) is 12.4 Å². The van der Waals surface area contributed by atoms with E-state index < -0.39 is 31.4 Å². The molecule has 0 aliphatic heterocycles. The monoisotopic (exact) mass is 756 g/mol. The van der Waals surface area contributed by atoms with Gasteiger partial charge in [-0.2, -0.15) is 0 Å². The number of pyridine rings is 1. The van der Waals surface area contributed by atoms with E-state index in [0.29, 0.717) is 0 Å². The van der Waals surface area contributed by atoms with Gasteiger partial charge >= 0.3 is 148 Å². The minimum absolute atomic E-state index is 0.750. The Morgan fingerprint density at radius 3 is 1.00 bits per heavy atom. The van der Waals surface area contributed by atoms with Crippen LogP contribution in [0.3, 0.4) is 0 Å². The zero-order valence-corrected chi connectivity index (χ0v) is 26.2. The van der Waals surface area contributed by atoms with Crippen molar-refractivity contribution in [2.75, 3.05) is 0 Å². The van der Waals surface area contributed by atoms with Crippen LogP contribution in [0, 0.1) is 6.92 Å². The summed E-state index contributed by atoms with van der Waals surface area (Å²) in [5.74, 6) is 0. The molecule has 2 N–H and O–H groups in total. The Labute approximate surface area is 188 Å². The van der Waals surface area contributed by atoms with Crippen LogP contribution < -0.4 is 0 Å². The van der Waals surface area contributed by atoms with Gasteiger partial charge in [-0.1, -0.05) is 0 Å². The molecule has 0 aliphatic rings. The molecule has 1 rings (SSSR count). The maximum atomic E-state index is 8.61. The average Bonchev–Trinajstić information content (AvgIpc) is 2.66. The van der Waals surface area contributed by atoms with Gasteiger partial charge in [0.25, 0.3) is 0 Å². The van der Waals surface area contributed by atoms with Crippen LogP contribution in [0.2, 0.25) is 0 Å². The van der Waals surface area contributed by atoms with Crippen molar-refractivity contribution in [3.8, 4) is 0 Å². The van der Waals surface area contributed by atoms with E-state index in [1.807, 2.05) is 19.1 Å². The fourth-order valence-electron chi connectivity index (χ4n) is 0.426. The summed E-state index contributed by atoms with van der Waals surface area (Å²) >= 11 is 0.250. The van der Waals surface area contributed by atoms with Crippen LogP contribution >= 0.6 is 0 Å². The molecular formula is C6H9Ge7NO9. The second-order valence-electron chi connectivity index (χ2n) is 1.71. The van der Waals surface area contributed by atoms with Crippen LogP contribution in [0.4, 0.5) is 0 Å². The summed E-state index contributed by atoms with van der Waals surface area (Å²) < 4.78 is 72.8. The van der Waals surface area contributed by atoms with E-state index in [0.717, 1.165) is 82.3 Å². The zero-order valence-electron chi connectivity index (χ0n) is 11.5. The molecule has 0 aliphatic carbocycles.